The Labute approximate surface area is 189 Å². The summed E-state index contributed by atoms with van der Waals surface area (Å²) in [6, 6.07) is 20.0. The molecule has 0 amide bonds. The summed E-state index contributed by atoms with van der Waals surface area (Å²) in [7, 11) is 0. The molecule has 0 saturated heterocycles. The van der Waals surface area contributed by atoms with Gasteiger partial charge in [-0.15, -0.1) is 0 Å². The molecule has 160 valence electrons. The van der Waals surface area contributed by atoms with Gasteiger partial charge in [0.1, 0.15) is 11.5 Å². The van der Waals surface area contributed by atoms with Crippen LogP contribution in [0.3, 0.4) is 0 Å². The van der Waals surface area contributed by atoms with E-state index in [1.54, 1.807) is 0 Å². The van der Waals surface area contributed by atoms with E-state index in [0.29, 0.717) is 5.75 Å². The Balaban J connectivity index is 1.43. The minimum atomic E-state index is -0.450. The maximum atomic E-state index is 11.5. The number of fused-ring (bicyclic) bond motifs is 3. The number of esters is 1. The third kappa shape index (κ3) is 5.10. The highest BCUT2D eigenvalue weighted by atomic mass is 16.5. The van der Waals surface area contributed by atoms with Gasteiger partial charge < -0.3 is 9.47 Å². The molecule has 0 saturated carbocycles. The molecule has 0 aliphatic heterocycles. The van der Waals surface area contributed by atoms with Crippen LogP contribution in [-0.4, -0.2) is 12.6 Å². The third-order valence-corrected chi connectivity index (χ3v) is 5.46. The van der Waals surface area contributed by atoms with Crippen LogP contribution in [0.1, 0.15) is 48.4 Å². The Morgan fingerprint density at radius 1 is 0.906 bits per heavy atom. The zero-order valence-corrected chi connectivity index (χ0v) is 18.3. The van der Waals surface area contributed by atoms with Crippen molar-refractivity contribution in [1.82, 2.24) is 0 Å². The maximum absolute atomic E-state index is 11.5. The highest BCUT2D eigenvalue weighted by Crippen LogP contribution is 2.38. The van der Waals surface area contributed by atoms with Crippen molar-refractivity contribution in [2.24, 2.45) is 0 Å². The number of benzene rings is 3. The second kappa shape index (κ2) is 10.0. The molecule has 0 atom stereocenters. The van der Waals surface area contributed by atoms with E-state index in [2.05, 4.69) is 43.5 Å². The highest BCUT2D eigenvalue weighted by Gasteiger charge is 2.19. The monoisotopic (exact) mass is 422 g/mol. The summed E-state index contributed by atoms with van der Waals surface area (Å²) in [5, 5.41) is 0. The summed E-state index contributed by atoms with van der Waals surface area (Å²) in [6.07, 6.45) is 5.44. The van der Waals surface area contributed by atoms with E-state index < -0.39 is 5.97 Å². The normalized spacial score (nSPS) is 11.0. The van der Waals surface area contributed by atoms with Crippen LogP contribution in [0.15, 0.2) is 73.3 Å². The van der Waals surface area contributed by atoms with Gasteiger partial charge in [0.05, 0.1) is 6.61 Å². The fourth-order valence-corrected chi connectivity index (χ4v) is 3.81. The first-order valence-corrected chi connectivity index (χ1v) is 11.0. The maximum Gasteiger partial charge on any atom is 0.335 e. The quantitative estimate of drug-likeness (QED) is 0.115. The van der Waals surface area contributed by atoms with Gasteiger partial charge in [0.2, 0.25) is 0 Å². The molecule has 0 aromatic heterocycles. The summed E-state index contributed by atoms with van der Waals surface area (Å²) in [6.45, 7) is 6.39. The molecule has 3 nitrogen and oxygen atoms in total. The van der Waals surface area contributed by atoms with Crippen molar-refractivity contribution in [1.29, 1.82) is 0 Å². The number of unbranched alkanes of at least 4 members (excludes halogenated alkanes) is 2. The van der Waals surface area contributed by atoms with E-state index in [4.69, 9.17) is 9.47 Å². The topological polar surface area (TPSA) is 35.5 Å². The number of carbonyl (C=O) groups is 1. The predicted molar refractivity (Wildman–Crippen MR) is 128 cm³/mol. The Morgan fingerprint density at radius 2 is 1.56 bits per heavy atom. The van der Waals surface area contributed by atoms with Gasteiger partial charge >= 0.3 is 5.97 Å². The zero-order chi connectivity index (χ0) is 22.3. The molecule has 3 aromatic rings. The molecule has 0 radical (unpaired) electrons. The van der Waals surface area contributed by atoms with Crippen LogP contribution >= 0.6 is 0 Å². The molecule has 1 aliphatic rings. The number of carbonyl (C=O) groups excluding carboxylic acids is 1. The SMILES string of the molecule is C=CC(=O)Oc1ccc2c(c1)Cc1cc(C#Cc3ccc(OCCCCC)cc3)ccc1-2. The van der Waals surface area contributed by atoms with Crippen molar-refractivity contribution in [3.63, 3.8) is 0 Å². The van der Waals surface area contributed by atoms with Gasteiger partial charge in [0.15, 0.2) is 0 Å². The van der Waals surface area contributed by atoms with Crippen LogP contribution in [0.5, 0.6) is 11.5 Å². The van der Waals surface area contributed by atoms with Gasteiger partial charge in [-0.3, -0.25) is 0 Å². The van der Waals surface area contributed by atoms with Crippen LogP contribution in [0.25, 0.3) is 11.1 Å². The Bertz CT molecular complexity index is 1190. The van der Waals surface area contributed by atoms with Crippen LogP contribution in [0, 0.1) is 11.8 Å². The standard InChI is InChI=1S/C29H26O3/c1-3-5-6-17-31-25-12-9-21(10-13-25)7-8-22-11-15-27-23(18-22)19-24-20-26(14-16-28(24)27)32-29(30)4-2/h4,9-16,18,20H,2-3,5-6,17,19H2,1H3. The van der Waals surface area contributed by atoms with Crippen LogP contribution in [0.2, 0.25) is 0 Å². The fraction of sp³-hybridized carbons (Fsp3) is 0.207. The first kappa shape index (κ1) is 21.5. The van der Waals surface area contributed by atoms with Crippen molar-refractivity contribution >= 4 is 5.97 Å². The average molecular weight is 423 g/mol. The number of rotatable bonds is 7. The van der Waals surface area contributed by atoms with E-state index in [9.17, 15) is 4.79 Å². The second-order valence-electron chi connectivity index (χ2n) is 7.82. The number of hydrogen-bond donors (Lipinski definition) is 0. The minimum Gasteiger partial charge on any atom is -0.494 e. The van der Waals surface area contributed by atoms with Gasteiger partial charge in [-0.25, -0.2) is 4.79 Å². The summed E-state index contributed by atoms with van der Waals surface area (Å²) >= 11 is 0. The van der Waals surface area contributed by atoms with Crippen LogP contribution in [0.4, 0.5) is 0 Å². The minimum absolute atomic E-state index is 0.450. The van der Waals surface area contributed by atoms with E-state index in [0.717, 1.165) is 41.9 Å². The number of hydrogen-bond acceptors (Lipinski definition) is 3. The average Bonchev–Trinajstić information content (AvgIpc) is 3.18. The molecule has 0 N–H and O–H groups in total. The van der Waals surface area contributed by atoms with Gasteiger partial charge in [-0.1, -0.05) is 50.3 Å². The van der Waals surface area contributed by atoms with Gasteiger partial charge in [0, 0.05) is 17.2 Å². The second-order valence-corrected chi connectivity index (χ2v) is 7.82. The molecule has 4 rings (SSSR count). The van der Waals surface area contributed by atoms with Crippen LogP contribution < -0.4 is 9.47 Å². The first-order valence-electron chi connectivity index (χ1n) is 11.0. The van der Waals surface area contributed by atoms with E-state index >= 15 is 0 Å². The molecule has 3 aromatic carbocycles. The van der Waals surface area contributed by atoms with Gasteiger partial charge in [0.25, 0.3) is 0 Å². The summed E-state index contributed by atoms with van der Waals surface area (Å²) in [4.78, 5) is 11.5. The fourth-order valence-electron chi connectivity index (χ4n) is 3.81. The van der Waals surface area contributed by atoms with E-state index in [1.165, 1.54) is 35.6 Å². The lowest BCUT2D eigenvalue weighted by molar-refractivity contribution is -0.128. The smallest absolute Gasteiger partial charge is 0.335 e. The largest absolute Gasteiger partial charge is 0.494 e. The summed E-state index contributed by atoms with van der Waals surface area (Å²) in [5.41, 5.74) is 6.70. The zero-order valence-electron chi connectivity index (χ0n) is 18.3. The van der Waals surface area contributed by atoms with Gasteiger partial charge in [-0.2, -0.15) is 0 Å². The molecule has 1 aliphatic carbocycles. The van der Waals surface area contributed by atoms with Crippen molar-refractivity contribution in [2.75, 3.05) is 6.61 Å². The molecule has 0 unspecified atom stereocenters. The van der Waals surface area contributed by atoms with Crippen LogP contribution in [-0.2, 0) is 11.2 Å². The summed E-state index contributed by atoms with van der Waals surface area (Å²) < 4.78 is 11.0. The molecule has 3 heteroatoms. The predicted octanol–water partition coefficient (Wildman–Crippen LogP) is 6.32. The van der Waals surface area contributed by atoms with Crippen molar-refractivity contribution in [3.8, 4) is 34.5 Å². The lowest BCUT2D eigenvalue weighted by atomic mass is 10.0. The van der Waals surface area contributed by atoms with Gasteiger partial charge in [-0.05, 0) is 83.6 Å². The van der Waals surface area contributed by atoms with Crippen molar-refractivity contribution in [2.45, 2.75) is 32.6 Å². The molecular formula is C29H26O3. The van der Waals surface area contributed by atoms with Crippen molar-refractivity contribution < 1.29 is 14.3 Å². The Kier molecular flexibility index (Phi) is 6.72. The first-order chi connectivity index (χ1) is 15.7. The summed E-state index contributed by atoms with van der Waals surface area (Å²) in [5.74, 6) is 7.49. The van der Waals surface area contributed by atoms with E-state index in [-0.39, 0.29) is 0 Å². The Morgan fingerprint density at radius 3 is 2.31 bits per heavy atom. The molecular weight excluding hydrogens is 396 g/mol. The van der Waals surface area contributed by atoms with E-state index in [1.807, 2.05) is 42.5 Å². The highest BCUT2D eigenvalue weighted by molar-refractivity contribution is 5.84. The lowest BCUT2D eigenvalue weighted by Gasteiger charge is -2.05. The molecule has 0 bridgehead atoms. The van der Waals surface area contributed by atoms with Crippen molar-refractivity contribution in [3.05, 3.63) is 95.6 Å². The Hall–Kier alpha value is -3.77. The molecule has 0 heterocycles. The molecule has 32 heavy (non-hydrogen) atoms. The molecule has 0 fully saturated rings. The third-order valence-electron chi connectivity index (χ3n) is 5.46. The lowest BCUT2D eigenvalue weighted by Crippen LogP contribution is -2.03. The number of ether oxygens (including phenoxy) is 2. The molecule has 0 spiro atoms.